The van der Waals surface area contributed by atoms with Crippen molar-refractivity contribution in [3.63, 3.8) is 0 Å². The average Bonchev–Trinajstić information content (AvgIpc) is 3.60. The van der Waals surface area contributed by atoms with Crippen LogP contribution in [0.2, 0.25) is 0 Å². The molecule has 1 aromatic carbocycles. The number of rotatable bonds is 6. The van der Waals surface area contributed by atoms with E-state index in [1.54, 1.807) is 10.9 Å². The molecular formula is C24H23FN6O3. The Morgan fingerprint density at radius 3 is 2.85 bits per heavy atom. The molecule has 0 aliphatic carbocycles. The number of hydrogen-bond acceptors (Lipinski definition) is 6. The lowest BCUT2D eigenvalue weighted by Gasteiger charge is -2.15. The molecule has 1 amide bonds. The summed E-state index contributed by atoms with van der Waals surface area (Å²) in [6.07, 6.45) is 7.08. The zero-order valence-corrected chi connectivity index (χ0v) is 18.8. The summed E-state index contributed by atoms with van der Waals surface area (Å²) in [5.74, 6) is -0.494. The van der Waals surface area contributed by atoms with Crippen molar-refractivity contribution in [3.8, 4) is 28.3 Å². The SMILES string of the molecule is C=Cc1cc(C(=O)NC)cc(-c2cnc3cc(-c4cnn(C)c4)c(O[C@H]4CCOC4)nn23)c1F. The summed E-state index contributed by atoms with van der Waals surface area (Å²) in [4.78, 5) is 16.7. The second-order valence-electron chi connectivity index (χ2n) is 7.99. The Bertz CT molecular complexity index is 1400. The molecule has 3 aromatic heterocycles. The summed E-state index contributed by atoms with van der Waals surface area (Å²) in [6, 6.07) is 4.76. The molecule has 1 fully saturated rings. The number of ether oxygens (including phenoxy) is 2. The Morgan fingerprint density at radius 2 is 2.18 bits per heavy atom. The zero-order valence-electron chi connectivity index (χ0n) is 18.8. The predicted octanol–water partition coefficient (Wildman–Crippen LogP) is 3.11. The van der Waals surface area contributed by atoms with Crippen LogP contribution in [0.1, 0.15) is 22.3 Å². The molecule has 0 unspecified atom stereocenters. The van der Waals surface area contributed by atoms with Gasteiger partial charge in [0.15, 0.2) is 5.65 Å². The largest absolute Gasteiger partial charge is 0.470 e. The van der Waals surface area contributed by atoms with Gasteiger partial charge < -0.3 is 14.8 Å². The first-order chi connectivity index (χ1) is 16.5. The first-order valence-corrected chi connectivity index (χ1v) is 10.8. The number of carbonyl (C=O) groups is 1. The molecule has 10 heteroatoms. The summed E-state index contributed by atoms with van der Waals surface area (Å²) in [5, 5.41) is 11.5. The fourth-order valence-corrected chi connectivity index (χ4v) is 3.96. The van der Waals surface area contributed by atoms with Crippen LogP contribution in [-0.4, -0.2) is 56.7 Å². The third-order valence-corrected chi connectivity index (χ3v) is 5.73. The lowest BCUT2D eigenvalue weighted by atomic mass is 10.0. The van der Waals surface area contributed by atoms with E-state index in [-0.39, 0.29) is 23.1 Å². The van der Waals surface area contributed by atoms with Crippen LogP contribution in [-0.2, 0) is 11.8 Å². The van der Waals surface area contributed by atoms with E-state index in [2.05, 4.69) is 22.0 Å². The van der Waals surface area contributed by atoms with Gasteiger partial charge in [-0.3, -0.25) is 9.48 Å². The predicted molar refractivity (Wildman–Crippen MR) is 124 cm³/mol. The topological polar surface area (TPSA) is 95.6 Å². The number of carbonyl (C=O) groups excluding carboxylic acids is 1. The fraction of sp³-hybridized carbons (Fsp3) is 0.250. The highest BCUT2D eigenvalue weighted by molar-refractivity contribution is 5.96. The molecule has 9 nitrogen and oxygen atoms in total. The Kier molecular flexibility index (Phi) is 5.58. The normalized spacial score (nSPS) is 15.6. The number of aromatic nitrogens is 5. The van der Waals surface area contributed by atoms with Crippen molar-refractivity contribution in [2.75, 3.05) is 20.3 Å². The Labute approximate surface area is 194 Å². The number of benzene rings is 1. The average molecular weight is 462 g/mol. The van der Waals surface area contributed by atoms with Crippen molar-refractivity contribution in [1.29, 1.82) is 0 Å². The van der Waals surface area contributed by atoms with Crippen LogP contribution in [0.4, 0.5) is 4.39 Å². The number of fused-ring (bicyclic) bond motifs is 1. The summed E-state index contributed by atoms with van der Waals surface area (Å²) in [6.45, 7) is 4.76. The van der Waals surface area contributed by atoms with Gasteiger partial charge in [-0.25, -0.2) is 13.9 Å². The highest BCUT2D eigenvalue weighted by Crippen LogP contribution is 2.33. The lowest BCUT2D eigenvalue weighted by molar-refractivity contribution is 0.0963. The number of nitrogens with one attached hydrogen (secondary N) is 1. The van der Waals surface area contributed by atoms with Crippen LogP contribution >= 0.6 is 0 Å². The van der Waals surface area contributed by atoms with Gasteiger partial charge in [-0.1, -0.05) is 12.7 Å². The van der Waals surface area contributed by atoms with Crippen LogP contribution in [0.25, 0.3) is 34.1 Å². The van der Waals surface area contributed by atoms with Crippen molar-refractivity contribution < 1.29 is 18.7 Å². The summed E-state index contributed by atoms with van der Waals surface area (Å²) >= 11 is 0. The Morgan fingerprint density at radius 1 is 1.32 bits per heavy atom. The zero-order chi connectivity index (χ0) is 23.8. The fourth-order valence-electron chi connectivity index (χ4n) is 3.96. The minimum absolute atomic E-state index is 0.145. The highest BCUT2D eigenvalue weighted by Gasteiger charge is 2.24. The van der Waals surface area contributed by atoms with Gasteiger partial charge in [-0.05, 0) is 18.2 Å². The lowest BCUT2D eigenvalue weighted by Crippen LogP contribution is -2.18. The van der Waals surface area contributed by atoms with E-state index in [0.717, 1.165) is 17.5 Å². The number of imidazole rings is 1. The summed E-state index contributed by atoms with van der Waals surface area (Å²) in [7, 11) is 3.35. The second kappa shape index (κ2) is 8.71. The molecule has 1 N–H and O–H groups in total. The molecule has 174 valence electrons. The highest BCUT2D eigenvalue weighted by atomic mass is 19.1. The molecule has 1 aliphatic rings. The molecule has 1 atom stereocenters. The number of amides is 1. The van der Waals surface area contributed by atoms with Crippen LogP contribution in [0.3, 0.4) is 0 Å². The molecule has 0 bridgehead atoms. The minimum atomic E-state index is -0.519. The van der Waals surface area contributed by atoms with E-state index in [9.17, 15) is 4.79 Å². The van der Waals surface area contributed by atoms with Crippen LogP contribution in [0.15, 0.2) is 43.4 Å². The molecule has 34 heavy (non-hydrogen) atoms. The summed E-state index contributed by atoms with van der Waals surface area (Å²) < 4.78 is 30.2. The smallest absolute Gasteiger partial charge is 0.251 e. The number of hydrogen-bond donors (Lipinski definition) is 1. The molecular weight excluding hydrogens is 439 g/mol. The maximum atomic E-state index is 15.4. The van der Waals surface area contributed by atoms with Gasteiger partial charge in [0.2, 0.25) is 5.88 Å². The quantitative estimate of drug-likeness (QED) is 0.473. The summed E-state index contributed by atoms with van der Waals surface area (Å²) in [5.41, 5.74) is 3.10. The number of halogens is 1. The van der Waals surface area contributed by atoms with Gasteiger partial charge in [0.1, 0.15) is 11.9 Å². The van der Waals surface area contributed by atoms with Gasteiger partial charge >= 0.3 is 0 Å². The van der Waals surface area contributed by atoms with Crippen molar-refractivity contribution in [3.05, 3.63) is 60.3 Å². The maximum Gasteiger partial charge on any atom is 0.251 e. The molecule has 5 rings (SSSR count). The van der Waals surface area contributed by atoms with Gasteiger partial charge in [-0.2, -0.15) is 5.10 Å². The first-order valence-electron chi connectivity index (χ1n) is 10.8. The van der Waals surface area contributed by atoms with E-state index < -0.39 is 5.82 Å². The van der Waals surface area contributed by atoms with Crippen molar-refractivity contribution >= 4 is 17.6 Å². The van der Waals surface area contributed by atoms with E-state index in [4.69, 9.17) is 14.6 Å². The molecule has 4 heterocycles. The maximum absolute atomic E-state index is 15.4. The minimum Gasteiger partial charge on any atom is -0.470 e. The second-order valence-corrected chi connectivity index (χ2v) is 7.99. The molecule has 0 radical (unpaired) electrons. The van der Waals surface area contributed by atoms with Gasteiger partial charge in [0.05, 0.1) is 36.9 Å². The number of aryl methyl sites for hydroxylation is 1. The Hall–Kier alpha value is -4.05. The third-order valence-electron chi connectivity index (χ3n) is 5.73. The number of nitrogens with zero attached hydrogens (tertiary/aromatic N) is 5. The standard InChI is InChI=1S/C24H23FN6O3/c1-4-14-7-15(23(32)26-2)8-19(22(14)25)20-11-27-21-9-18(16-10-28-30(3)12-16)24(29-31(20)21)34-17-5-6-33-13-17/h4,7-12,17H,1,5-6,13H2,2-3H3,(H,26,32)/t17-/m0/s1. The van der Waals surface area contributed by atoms with E-state index in [1.807, 2.05) is 19.3 Å². The first kappa shape index (κ1) is 21.8. The van der Waals surface area contributed by atoms with Gasteiger partial charge in [0, 0.05) is 49.0 Å². The van der Waals surface area contributed by atoms with Gasteiger partial charge in [0.25, 0.3) is 5.91 Å². The molecule has 0 saturated carbocycles. The van der Waals surface area contributed by atoms with Crippen LogP contribution < -0.4 is 10.1 Å². The van der Waals surface area contributed by atoms with Crippen molar-refractivity contribution in [1.82, 2.24) is 29.7 Å². The van der Waals surface area contributed by atoms with E-state index in [1.165, 1.54) is 36.0 Å². The molecule has 1 aliphatic heterocycles. The molecule has 4 aromatic rings. The third kappa shape index (κ3) is 3.81. The van der Waals surface area contributed by atoms with E-state index >= 15 is 4.39 Å². The Balaban J connectivity index is 1.70. The van der Waals surface area contributed by atoms with Crippen molar-refractivity contribution in [2.45, 2.75) is 12.5 Å². The van der Waals surface area contributed by atoms with Crippen molar-refractivity contribution in [2.24, 2.45) is 7.05 Å². The monoisotopic (exact) mass is 462 g/mol. The molecule has 0 spiro atoms. The molecule has 1 saturated heterocycles. The van der Waals surface area contributed by atoms with Crippen LogP contribution in [0.5, 0.6) is 5.88 Å². The van der Waals surface area contributed by atoms with Gasteiger partial charge in [-0.15, -0.1) is 5.10 Å². The van der Waals surface area contributed by atoms with Crippen LogP contribution in [0, 0.1) is 5.82 Å². The van der Waals surface area contributed by atoms with E-state index in [0.29, 0.717) is 36.0 Å².